The van der Waals surface area contributed by atoms with Gasteiger partial charge in [-0.2, -0.15) is 0 Å². The number of amides is 1. The topological polar surface area (TPSA) is 75.0 Å². The van der Waals surface area contributed by atoms with Crippen LogP contribution >= 0.6 is 0 Å². The van der Waals surface area contributed by atoms with E-state index in [1.807, 2.05) is 60.7 Å². The zero-order chi connectivity index (χ0) is 20.9. The fourth-order valence-electron chi connectivity index (χ4n) is 3.34. The Bertz CT molecular complexity index is 1020. The first-order valence-corrected chi connectivity index (χ1v) is 9.56. The Labute approximate surface area is 173 Å². The lowest BCUT2D eigenvalue weighted by molar-refractivity contribution is -0.0269. The summed E-state index contributed by atoms with van der Waals surface area (Å²) in [7, 11) is 0. The van der Waals surface area contributed by atoms with Crippen molar-refractivity contribution >= 4 is 17.5 Å². The smallest absolute Gasteiger partial charge is 0.407 e. The van der Waals surface area contributed by atoms with Crippen LogP contribution in [0.25, 0.3) is 0 Å². The van der Waals surface area contributed by atoms with Gasteiger partial charge in [-0.15, -0.1) is 0 Å². The van der Waals surface area contributed by atoms with Crippen molar-refractivity contribution in [2.75, 3.05) is 19.7 Å². The maximum absolute atomic E-state index is 14.8. The third-order valence-corrected chi connectivity index (χ3v) is 4.83. The van der Waals surface area contributed by atoms with Gasteiger partial charge in [0.05, 0.1) is 30.7 Å². The molecule has 1 atom stereocenters. The summed E-state index contributed by atoms with van der Waals surface area (Å²) in [5.74, 6) is -0.575. The highest BCUT2D eigenvalue weighted by Crippen LogP contribution is 2.26. The maximum Gasteiger partial charge on any atom is 0.407 e. The van der Waals surface area contributed by atoms with E-state index in [0.717, 1.165) is 11.1 Å². The lowest BCUT2D eigenvalue weighted by Crippen LogP contribution is -2.41. The summed E-state index contributed by atoms with van der Waals surface area (Å²) in [6, 6.07) is 20.6. The summed E-state index contributed by atoms with van der Waals surface area (Å²) in [6.07, 6.45) is -0.316. The number of halogens is 1. The van der Waals surface area contributed by atoms with E-state index in [1.165, 1.54) is 17.2 Å². The highest BCUT2D eigenvalue weighted by Gasteiger charge is 2.28. The van der Waals surface area contributed by atoms with Crippen LogP contribution in [0.1, 0.15) is 22.9 Å². The molecular formula is C23H20FN3O3. The average molecular weight is 405 g/mol. The molecule has 1 N–H and O–H groups in total. The number of carboxylic acid groups (broad SMARTS) is 1. The van der Waals surface area contributed by atoms with Gasteiger partial charge in [-0.3, -0.25) is 4.98 Å². The molecule has 0 radical (unpaired) electrons. The summed E-state index contributed by atoms with van der Waals surface area (Å²) >= 11 is 0. The molecule has 1 aliphatic rings. The van der Waals surface area contributed by atoms with Gasteiger partial charge in [0.15, 0.2) is 0 Å². The minimum atomic E-state index is -1.06. The fourth-order valence-corrected chi connectivity index (χ4v) is 3.34. The molecule has 3 aromatic rings. The number of hydrogen-bond donors (Lipinski definition) is 1. The van der Waals surface area contributed by atoms with Crippen molar-refractivity contribution < 1.29 is 19.0 Å². The Morgan fingerprint density at radius 2 is 1.73 bits per heavy atom. The highest BCUT2D eigenvalue weighted by atomic mass is 19.1. The molecule has 1 amide bonds. The second-order valence-electron chi connectivity index (χ2n) is 6.84. The van der Waals surface area contributed by atoms with Crippen LogP contribution in [0, 0.1) is 5.82 Å². The predicted octanol–water partition coefficient (Wildman–Crippen LogP) is 4.44. The van der Waals surface area contributed by atoms with Gasteiger partial charge < -0.3 is 14.7 Å². The van der Waals surface area contributed by atoms with Crippen LogP contribution in [0.15, 0.2) is 77.9 Å². The number of pyridine rings is 1. The zero-order valence-electron chi connectivity index (χ0n) is 16.1. The number of hydrogen-bond acceptors (Lipinski definition) is 4. The molecule has 7 heteroatoms. The Morgan fingerprint density at radius 3 is 2.30 bits per heavy atom. The quantitative estimate of drug-likeness (QED) is 0.651. The van der Waals surface area contributed by atoms with Gasteiger partial charge in [-0.1, -0.05) is 60.7 Å². The molecule has 4 rings (SSSR count). The third kappa shape index (κ3) is 4.36. The summed E-state index contributed by atoms with van der Waals surface area (Å²) < 4.78 is 20.4. The van der Waals surface area contributed by atoms with E-state index in [1.54, 1.807) is 0 Å². The van der Waals surface area contributed by atoms with Crippen LogP contribution in [-0.2, 0) is 4.74 Å². The minimum Gasteiger partial charge on any atom is -0.465 e. The largest absolute Gasteiger partial charge is 0.465 e. The molecule has 152 valence electrons. The van der Waals surface area contributed by atoms with Gasteiger partial charge in [-0.25, -0.2) is 14.2 Å². The molecule has 0 aliphatic carbocycles. The number of rotatable bonds is 4. The standard InChI is InChI=1S/C23H20FN3O3/c24-19-13-18(14-25-22(19)20-15-27(23(28)29)11-12-30-20)26-21(16-7-3-1-4-8-16)17-9-5-2-6-10-17/h1-10,13-14,20H,11-12,15H2,(H,28,29). The average Bonchev–Trinajstić information content (AvgIpc) is 2.79. The van der Waals surface area contributed by atoms with Crippen molar-refractivity contribution in [2.24, 2.45) is 4.99 Å². The monoisotopic (exact) mass is 405 g/mol. The van der Waals surface area contributed by atoms with Crippen molar-refractivity contribution in [2.45, 2.75) is 6.10 Å². The summed E-state index contributed by atoms with van der Waals surface area (Å²) in [6.45, 7) is 0.499. The zero-order valence-corrected chi connectivity index (χ0v) is 16.1. The van der Waals surface area contributed by atoms with Gasteiger partial charge in [0.1, 0.15) is 17.6 Å². The second-order valence-corrected chi connectivity index (χ2v) is 6.84. The number of nitrogens with zero attached hydrogens (tertiary/aromatic N) is 3. The Morgan fingerprint density at radius 1 is 1.10 bits per heavy atom. The van der Waals surface area contributed by atoms with Gasteiger partial charge >= 0.3 is 6.09 Å². The molecule has 0 saturated carbocycles. The molecule has 2 aromatic carbocycles. The lowest BCUT2D eigenvalue weighted by atomic mass is 10.0. The second kappa shape index (κ2) is 8.84. The first-order valence-electron chi connectivity index (χ1n) is 9.56. The lowest BCUT2D eigenvalue weighted by Gasteiger charge is -2.30. The molecular weight excluding hydrogens is 385 g/mol. The normalized spacial score (nSPS) is 16.2. The van der Waals surface area contributed by atoms with Crippen molar-refractivity contribution in [1.82, 2.24) is 9.88 Å². The molecule has 1 aliphatic heterocycles. The van der Waals surface area contributed by atoms with Gasteiger partial charge in [0.2, 0.25) is 0 Å². The summed E-state index contributed by atoms with van der Waals surface area (Å²) in [4.78, 5) is 21.3. The predicted molar refractivity (Wildman–Crippen MR) is 111 cm³/mol. The van der Waals surface area contributed by atoms with Crippen LogP contribution in [0.2, 0.25) is 0 Å². The van der Waals surface area contributed by atoms with Gasteiger partial charge in [-0.05, 0) is 0 Å². The SMILES string of the molecule is O=C(O)N1CCOC(c2ncc(N=C(c3ccccc3)c3ccccc3)cc2F)C1. The van der Waals surface area contributed by atoms with Gasteiger partial charge in [0, 0.05) is 23.7 Å². The molecule has 30 heavy (non-hydrogen) atoms. The number of benzene rings is 2. The third-order valence-electron chi connectivity index (χ3n) is 4.83. The molecule has 1 fully saturated rings. The molecule has 0 bridgehead atoms. The van der Waals surface area contributed by atoms with Crippen LogP contribution in [0.3, 0.4) is 0 Å². The Balaban J connectivity index is 1.67. The van der Waals surface area contributed by atoms with Crippen molar-refractivity contribution in [3.8, 4) is 0 Å². The van der Waals surface area contributed by atoms with Crippen LogP contribution in [0.4, 0.5) is 14.9 Å². The molecule has 2 heterocycles. The van der Waals surface area contributed by atoms with E-state index in [-0.39, 0.29) is 25.4 Å². The summed E-state index contributed by atoms with van der Waals surface area (Å²) in [5, 5.41) is 9.17. The summed E-state index contributed by atoms with van der Waals surface area (Å²) in [5.41, 5.74) is 2.96. The van der Waals surface area contributed by atoms with E-state index < -0.39 is 18.0 Å². The van der Waals surface area contributed by atoms with E-state index in [4.69, 9.17) is 4.74 Å². The van der Waals surface area contributed by atoms with E-state index in [0.29, 0.717) is 11.4 Å². The Kier molecular flexibility index (Phi) is 5.81. The van der Waals surface area contributed by atoms with Crippen molar-refractivity contribution in [3.05, 3.63) is 95.6 Å². The molecule has 1 saturated heterocycles. The van der Waals surface area contributed by atoms with E-state index in [9.17, 15) is 14.3 Å². The highest BCUT2D eigenvalue weighted by molar-refractivity contribution is 6.13. The van der Waals surface area contributed by atoms with Crippen LogP contribution < -0.4 is 0 Å². The van der Waals surface area contributed by atoms with Crippen molar-refractivity contribution in [1.29, 1.82) is 0 Å². The van der Waals surface area contributed by atoms with E-state index in [2.05, 4.69) is 9.98 Å². The van der Waals surface area contributed by atoms with Crippen LogP contribution in [0.5, 0.6) is 0 Å². The van der Waals surface area contributed by atoms with Crippen molar-refractivity contribution in [3.63, 3.8) is 0 Å². The van der Waals surface area contributed by atoms with E-state index >= 15 is 0 Å². The first kappa shape index (κ1) is 19.7. The molecule has 1 aromatic heterocycles. The fraction of sp³-hybridized carbons (Fsp3) is 0.174. The molecule has 0 spiro atoms. The minimum absolute atomic E-state index is 0.0428. The van der Waals surface area contributed by atoms with Crippen LogP contribution in [-0.4, -0.2) is 46.5 Å². The molecule has 6 nitrogen and oxygen atoms in total. The number of aromatic nitrogens is 1. The molecule has 1 unspecified atom stereocenters. The maximum atomic E-state index is 14.8. The number of aliphatic imine (C=N–C) groups is 1. The number of carbonyl (C=O) groups is 1. The Hall–Kier alpha value is -3.58. The first-order chi connectivity index (χ1) is 14.6. The number of morpholine rings is 1. The number of ether oxygens (including phenoxy) is 1. The van der Waals surface area contributed by atoms with Gasteiger partial charge in [0.25, 0.3) is 0 Å².